The van der Waals surface area contributed by atoms with Gasteiger partial charge in [-0.1, -0.05) is 18.2 Å². The lowest BCUT2D eigenvalue weighted by Gasteiger charge is -2.35. The van der Waals surface area contributed by atoms with Crippen LogP contribution in [0.4, 0.5) is 37.8 Å². The van der Waals surface area contributed by atoms with Gasteiger partial charge in [-0.25, -0.2) is 18.2 Å². The van der Waals surface area contributed by atoms with Crippen molar-refractivity contribution in [1.29, 1.82) is 0 Å². The largest absolute Gasteiger partial charge is 0.491 e. The van der Waals surface area contributed by atoms with Gasteiger partial charge in [-0.2, -0.15) is 30.6 Å². The van der Waals surface area contributed by atoms with E-state index in [-0.39, 0.29) is 51.7 Å². The molecule has 1 saturated heterocycles. The number of piperidine rings is 1. The van der Waals surface area contributed by atoms with Crippen molar-refractivity contribution in [3.8, 4) is 11.5 Å². The van der Waals surface area contributed by atoms with Crippen LogP contribution in [0.5, 0.6) is 11.5 Å². The van der Waals surface area contributed by atoms with E-state index < -0.39 is 78.4 Å². The Morgan fingerprint density at radius 2 is 1.66 bits per heavy atom. The number of carbonyl (C=O) groups is 2. The molecule has 56 heavy (non-hydrogen) atoms. The molecule has 2 heterocycles. The molecule has 0 bridgehead atoms. The van der Waals surface area contributed by atoms with Gasteiger partial charge in [0.2, 0.25) is 10.0 Å². The number of hydrogen-bond acceptors (Lipinski definition) is 10. The molecule has 12 nitrogen and oxygen atoms in total. The number of nitrogens with one attached hydrogen (secondary N) is 2. The molecule has 1 aromatic heterocycles. The Morgan fingerprint density at radius 3 is 2.30 bits per heavy atom. The fourth-order valence-corrected chi connectivity index (χ4v) is 7.87. The molecule has 4 aromatic rings. The Hall–Kier alpha value is -5.30. The van der Waals surface area contributed by atoms with Gasteiger partial charge in [-0.15, -0.1) is 0 Å². The maximum atomic E-state index is 14.6. The first-order chi connectivity index (χ1) is 26.3. The first kappa shape index (κ1) is 41.9. The molecule has 19 heteroatoms. The van der Waals surface area contributed by atoms with Gasteiger partial charge in [0.05, 0.1) is 23.5 Å². The quantitative estimate of drug-likeness (QED) is 0.0757. The van der Waals surface area contributed by atoms with E-state index in [1.807, 2.05) is 0 Å². The van der Waals surface area contributed by atoms with Gasteiger partial charge in [0.25, 0.3) is 11.6 Å². The zero-order valence-corrected chi connectivity index (χ0v) is 31.1. The fraction of sp³-hybridized carbons (Fsp3) is 0.378. The Bertz CT molecular complexity index is 2180. The highest BCUT2D eigenvalue weighted by atomic mass is 32.2. The molecular formula is C37H39F6N5O7S. The highest BCUT2D eigenvalue weighted by Gasteiger charge is 2.52. The molecular weight excluding hydrogens is 772 g/mol. The molecule has 3 aromatic carbocycles. The standard InChI is InChI=1S/C37H39F6N5O7S/c1-4-53-30-20-26(9-12-29(30)54-22(2)3)35(55-34(50)37(41,42)43,47-27-10-11-28-23(19-27)13-16-45-32(28)44)33(49)46-21-24-7-5-6-8-31(24)56(51,52)48-17-14-25(15-18-48)36(38,39)40/h5-13,16,19-20,22,25,47H,4,14-15,17-18,21H2,1-3H3,(H2,44,45)(H,46,49). The highest BCUT2D eigenvalue weighted by Crippen LogP contribution is 2.39. The number of nitrogens with zero attached hydrogens (tertiary/aromatic N) is 2. The van der Waals surface area contributed by atoms with Crippen LogP contribution in [0.3, 0.4) is 0 Å². The lowest BCUT2D eigenvalue weighted by atomic mass is 9.98. The molecule has 0 saturated carbocycles. The van der Waals surface area contributed by atoms with Crippen LogP contribution in [0.2, 0.25) is 0 Å². The number of nitrogen functional groups attached to an aromatic ring is 1. The predicted octanol–water partition coefficient (Wildman–Crippen LogP) is 6.65. The number of ether oxygens (including phenoxy) is 3. The van der Waals surface area contributed by atoms with Crippen molar-refractivity contribution in [2.24, 2.45) is 5.92 Å². The van der Waals surface area contributed by atoms with Gasteiger partial charge in [-0.05, 0) is 93.1 Å². The summed E-state index contributed by atoms with van der Waals surface area (Å²) in [4.78, 5) is 31.0. The lowest BCUT2D eigenvalue weighted by molar-refractivity contribution is -0.213. The minimum absolute atomic E-state index is 0.0103. The Kier molecular flexibility index (Phi) is 12.3. The number of pyridine rings is 1. The van der Waals surface area contributed by atoms with Crippen molar-refractivity contribution in [2.75, 3.05) is 30.7 Å². The van der Waals surface area contributed by atoms with Crippen molar-refractivity contribution in [1.82, 2.24) is 14.6 Å². The molecule has 4 N–H and O–H groups in total. The second-order valence-electron chi connectivity index (χ2n) is 13.1. The zero-order chi connectivity index (χ0) is 41.1. The van der Waals surface area contributed by atoms with Crippen LogP contribution in [0.25, 0.3) is 10.8 Å². The maximum absolute atomic E-state index is 14.6. The van der Waals surface area contributed by atoms with Crippen LogP contribution in [-0.4, -0.2) is 67.7 Å². The summed E-state index contributed by atoms with van der Waals surface area (Å²) >= 11 is 0. The maximum Gasteiger partial charge on any atom is 0.491 e. The average Bonchev–Trinajstić information content (AvgIpc) is 3.13. The summed E-state index contributed by atoms with van der Waals surface area (Å²) < 4.78 is 127. The van der Waals surface area contributed by atoms with E-state index in [0.717, 1.165) is 4.31 Å². The minimum Gasteiger partial charge on any atom is -0.490 e. The number of carbonyl (C=O) groups excluding carboxylic acids is 2. The summed E-state index contributed by atoms with van der Waals surface area (Å²) in [6, 6.07) is 14.8. The smallest absolute Gasteiger partial charge is 0.490 e. The number of rotatable bonds is 13. The zero-order valence-electron chi connectivity index (χ0n) is 30.3. The van der Waals surface area contributed by atoms with E-state index in [1.165, 1.54) is 66.9 Å². The van der Waals surface area contributed by atoms with E-state index in [0.29, 0.717) is 10.8 Å². The number of sulfonamides is 1. The molecule has 1 atom stereocenters. The van der Waals surface area contributed by atoms with Gasteiger partial charge >= 0.3 is 18.3 Å². The number of esters is 1. The first-order valence-corrected chi connectivity index (χ1v) is 18.8. The summed E-state index contributed by atoms with van der Waals surface area (Å²) in [5.41, 5.74) is 2.54. The number of nitrogens with two attached hydrogens (primary N) is 1. The topological polar surface area (TPSA) is 162 Å². The second-order valence-corrected chi connectivity index (χ2v) is 15.0. The predicted molar refractivity (Wildman–Crippen MR) is 193 cm³/mol. The Morgan fingerprint density at radius 1 is 0.964 bits per heavy atom. The molecule has 0 radical (unpaired) electrons. The first-order valence-electron chi connectivity index (χ1n) is 17.4. The summed E-state index contributed by atoms with van der Waals surface area (Å²) in [6.45, 7) is 3.66. The molecule has 0 spiro atoms. The molecule has 0 aliphatic carbocycles. The monoisotopic (exact) mass is 811 g/mol. The van der Waals surface area contributed by atoms with Gasteiger partial charge in [0.15, 0.2) is 11.5 Å². The minimum atomic E-state index is -5.60. The Labute approximate surface area is 318 Å². The Balaban J connectivity index is 1.60. The van der Waals surface area contributed by atoms with Crippen LogP contribution in [-0.2, 0) is 36.6 Å². The number of amides is 1. The molecule has 5 rings (SSSR count). The van der Waals surface area contributed by atoms with E-state index >= 15 is 0 Å². The number of aromatic nitrogens is 1. The summed E-state index contributed by atoms with van der Waals surface area (Å²) in [5, 5.41) is 6.01. The van der Waals surface area contributed by atoms with Crippen LogP contribution in [0, 0.1) is 5.92 Å². The third kappa shape index (κ3) is 9.21. The third-order valence-electron chi connectivity index (χ3n) is 8.87. The van der Waals surface area contributed by atoms with Crippen molar-refractivity contribution in [3.05, 3.63) is 84.1 Å². The molecule has 1 aliphatic rings. The van der Waals surface area contributed by atoms with Gasteiger partial charge in [0.1, 0.15) is 5.82 Å². The lowest BCUT2D eigenvalue weighted by Crippen LogP contribution is -2.54. The van der Waals surface area contributed by atoms with E-state index in [1.54, 1.807) is 26.8 Å². The van der Waals surface area contributed by atoms with Crippen LogP contribution >= 0.6 is 0 Å². The van der Waals surface area contributed by atoms with Gasteiger partial charge in [-0.3, -0.25) is 4.79 Å². The SMILES string of the molecule is CCOc1cc(C(Nc2ccc3c(N)nccc3c2)(OC(=O)C(F)(F)F)C(=O)NCc2ccccc2S(=O)(=O)N2CCC(C(F)(F)F)CC2)ccc1OC(C)C. The normalized spacial score (nSPS) is 15.6. The van der Waals surface area contributed by atoms with Crippen molar-refractivity contribution in [2.45, 2.75) is 69.2 Å². The number of alkyl halides is 6. The molecule has 302 valence electrons. The van der Waals surface area contributed by atoms with Crippen molar-refractivity contribution >= 4 is 44.2 Å². The summed E-state index contributed by atoms with van der Waals surface area (Å²) in [5.74, 6) is -5.50. The summed E-state index contributed by atoms with van der Waals surface area (Å²) in [6.07, 6.45) is -9.98. The van der Waals surface area contributed by atoms with Gasteiger partial charge in [0, 0.05) is 42.5 Å². The van der Waals surface area contributed by atoms with Crippen LogP contribution in [0.15, 0.2) is 77.8 Å². The highest BCUT2D eigenvalue weighted by molar-refractivity contribution is 7.89. The van der Waals surface area contributed by atoms with E-state index in [4.69, 9.17) is 19.9 Å². The van der Waals surface area contributed by atoms with Crippen LogP contribution in [0.1, 0.15) is 44.7 Å². The molecule has 1 amide bonds. The third-order valence-corrected chi connectivity index (χ3v) is 10.9. The fourth-order valence-electron chi connectivity index (χ4n) is 6.18. The molecule has 1 fully saturated rings. The molecule has 1 aliphatic heterocycles. The van der Waals surface area contributed by atoms with E-state index in [9.17, 15) is 44.3 Å². The van der Waals surface area contributed by atoms with Crippen molar-refractivity contribution < 1.29 is 58.6 Å². The number of halogens is 6. The van der Waals surface area contributed by atoms with Crippen LogP contribution < -0.4 is 25.8 Å². The van der Waals surface area contributed by atoms with Gasteiger partial charge < -0.3 is 30.6 Å². The number of fused-ring (bicyclic) bond motifs is 1. The number of benzene rings is 3. The average molecular weight is 812 g/mol. The number of hydrogen-bond donors (Lipinski definition) is 3. The molecule has 1 unspecified atom stereocenters. The second kappa shape index (κ2) is 16.4. The van der Waals surface area contributed by atoms with E-state index in [2.05, 4.69) is 15.6 Å². The summed E-state index contributed by atoms with van der Waals surface area (Å²) in [7, 11) is -4.42. The van der Waals surface area contributed by atoms with Crippen molar-refractivity contribution in [3.63, 3.8) is 0 Å². The number of anilines is 2.